The minimum atomic E-state index is 0.401. The number of hydrogen-bond donors (Lipinski definition) is 1. The summed E-state index contributed by atoms with van der Waals surface area (Å²) in [5.41, 5.74) is 6.94. The van der Waals surface area contributed by atoms with E-state index in [4.69, 9.17) is 0 Å². The van der Waals surface area contributed by atoms with Gasteiger partial charge < -0.3 is 5.32 Å². The van der Waals surface area contributed by atoms with E-state index in [0.29, 0.717) is 12.1 Å². The fraction of sp³-hybridized carbons (Fsp3) is 0.412. The summed E-state index contributed by atoms with van der Waals surface area (Å²) >= 11 is 0. The molecule has 2 rings (SSSR count). The summed E-state index contributed by atoms with van der Waals surface area (Å²) in [6.07, 6.45) is 1.05. The van der Waals surface area contributed by atoms with Crippen LogP contribution >= 0.6 is 0 Å². The van der Waals surface area contributed by atoms with E-state index in [1.54, 1.807) is 0 Å². The minimum absolute atomic E-state index is 0.401. The molecule has 18 heavy (non-hydrogen) atoms. The molecule has 1 heteroatoms. The van der Waals surface area contributed by atoms with Crippen LogP contribution in [0.1, 0.15) is 38.3 Å². The molecular formula is C17H23N. The second-order valence-corrected chi connectivity index (χ2v) is 5.47. The standard InChI is InChI=1S/C17H23N/c1-11(2)17-10-16(13(4)14(5)18-17)15-9-7-6-8-12(15)3/h6-9,14,17-18H,1,10H2,2-5H3. The molecule has 0 saturated carbocycles. The Morgan fingerprint density at radius 2 is 1.94 bits per heavy atom. The molecule has 0 amide bonds. The predicted octanol–water partition coefficient (Wildman–Crippen LogP) is 4.10. The smallest absolute Gasteiger partial charge is 0.0320 e. The third-order valence-corrected chi connectivity index (χ3v) is 4.05. The number of rotatable bonds is 2. The monoisotopic (exact) mass is 241 g/mol. The zero-order chi connectivity index (χ0) is 13.3. The van der Waals surface area contributed by atoms with Crippen molar-refractivity contribution in [3.8, 4) is 0 Å². The molecule has 0 saturated heterocycles. The number of aryl methyl sites for hydroxylation is 1. The van der Waals surface area contributed by atoms with Gasteiger partial charge in [0.15, 0.2) is 0 Å². The lowest BCUT2D eigenvalue weighted by Crippen LogP contribution is -2.42. The van der Waals surface area contributed by atoms with Gasteiger partial charge in [-0.2, -0.15) is 0 Å². The first kappa shape index (κ1) is 13.1. The van der Waals surface area contributed by atoms with Gasteiger partial charge in [0.2, 0.25) is 0 Å². The third kappa shape index (κ3) is 2.41. The van der Waals surface area contributed by atoms with E-state index < -0.39 is 0 Å². The van der Waals surface area contributed by atoms with Gasteiger partial charge in [-0.05, 0) is 50.8 Å². The summed E-state index contributed by atoms with van der Waals surface area (Å²) in [6.45, 7) is 12.9. The van der Waals surface area contributed by atoms with E-state index in [-0.39, 0.29) is 0 Å². The molecule has 1 aromatic rings. The lowest BCUT2D eigenvalue weighted by molar-refractivity contribution is 0.505. The van der Waals surface area contributed by atoms with Crippen molar-refractivity contribution in [2.24, 2.45) is 0 Å². The highest BCUT2D eigenvalue weighted by Gasteiger charge is 2.24. The molecule has 1 aliphatic heterocycles. The van der Waals surface area contributed by atoms with Crippen molar-refractivity contribution >= 4 is 5.57 Å². The van der Waals surface area contributed by atoms with Crippen LogP contribution in [0.3, 0.4) is 0 Å². The Kier molecular flexibility index (Phi) is 3.72. The van der Waals surface area contributed by atoms with Gasteiger partial charge >= 0.3 is 0 Å². The Morgan fingerprint density at radius 3 is 2.56 bits per heavy atom. The Balaban J connectivity index is 2.44. The maximum absolute atomic E-state index is 4.10. The summed E-state index contributed by atoms with van der Waals surface area (Å²) in [5.74, 6) is 0. The van der Waals surface area contributed by atoms with Gasteiger partial charge in [0.05, 0.1) is 0 Å². The van der Waals surface area contributed by atoms with E-state index >= 15 is 0 Å². The average molecular weight is 241 g/mol. The lowest BCUT2D eigenvalue weighted by atomic mass is 9.84. The summed E-state index contributed by atoms with van der Waals surface area (Å²) in [5, 5.41) is 3.63. The lowest BCUT2D eigenvalue weighted by Gasteiger charge is -2.33. The van der Waals surface area contributed by atoms with Gasteiger partial charge in [0.25, 0.3) is 0 Å². The van der Waals surface area contributed by atoms with Crippen LogP contribution in [0.25, 0.3) is 5.57 Å². The Labute approximate surface area is 111 Å². The molecule has 0 radical (unpaired) electrons. The molecule has 96 valence electrons. The molecule has 1 heterocycles. The average Bonchev–Trinajstić information content (AvgIpc) is 2.33. The van der Waals surface area contributed by atoms with Crippen LogP contribution < -0.4 is 5.32 Å². The molecule has 0 fully saturated rings. The van der Waals surface area contributed by atoms with Crippen LogP contribution in [0.2, 0.25) is 0 Å². The zero-order valence-corrected chi connectivity index (χ0v) is 11.9. The maximum Gasteiger partial charge on any atom is 0.0320 e. The maximum atomic E-state index is 4.10. The molecule has 1 aliphatic rings. The van der Waals surface area contributed by atoms with Crippen LogP contribution in [0.5, 0.6) is 0 Å². The third-order valence-electron chi connectivity index (χ3n) is 4.05. The molecule has 1 nitrogen and oxygen atoms in total. The Morgan fingerprint density at radius 1 is 1.28 bits per heavy atom. The van der Waals surface area contributed by atoms with E-state index in [1.807, 2.05) is 0 Å². The summed E-state index contributed by atoms with van der Waals surface area (Å²) in [6, 6.07) is 9.49. The first-order valence-corrected chi connectivity index (χ1v) is 6.67. The summed E-state index contributed by atoms with van der Waals surface area (Å²) < 4.78 is 0. The van der Waals surface area contributed by atoms with Crippen LogP contribution in [-0.2, 0) is 0 Å². The van der Waals surface area contributed by atoms with E-state index in [1.165, 1.54) is 27.8 Å². The van der Waals surface area contributed by atoms with Gasteiger partial charge in [0.1, 0.15) is 0 Å². The van der Waals surface area contributed by atoms with Crippen molar-refractivity contribution in [2.75, 3.05) is 0 Å². The topological polar surface area (TPSA) is 12.0 Å². The largest absolute Gasteiger partial charge is 0.304 e. The fourth-order valence-corrected chi connectivity index (χ4v) is 2.66. The molecular weight excluding hydrogens is 218 g/mol. The number of benzene rings is 1. The second kappa shape index (κ2) is 5.11. The van der Waals surface area contributed by atoms with Crippen LogP contribution in [0, 0.1) is 6.92 Å². The van der Waals surface area contributed by atoms with Crippen molar-refractivity contribution in [3.05, 3.63) is 53.1 Å². The highest BCUT2D eigenvalue weighted by Crippen LogP contribution is 2.32. The second-order valence-electron chi connectivity index (χ2n) is 5.47. The Hall–Kier alpha value is -1.34. The Bertz CT molecular complexity index is 496. The predicted molar refractivity (Wildman–Crippen MR) is 79.6 cm³/mol. The van der Waals surface area contributed by atoms with Crippen LogP contribution in [-0.4, -0.2) is 12.1 Å². The summed E-state index contributed by atoms with van der Waals surface area (Å²) in [4.78, 5) is 0. The molecule has 0 aromatic heterocycles. The minimum Gasteiger partial charge on any atom is -0.304 e. The van der Waals surface area contributed by atoms with E-state index in [9.17, 15) is 0 Å². The molecule has 2 atom stereocenters. The van der Waals surface area contributed by atoms with Crippen LogP contribution in [0.4, 0.5) is 0 Å². The van der Waals surface area contributed by atoms with Crippen molar-refractivity contribution < 1.29 is 0 Å². The highest BCUT2D eigenvalue weighted by molar-refractivity contribution is 5.73. The highest BCUT2D eigenvalue weighted by atomic mass is 15.0. The summed E-state index contributed by atoms with van der Waals surface area (Å²) in [7, 11) is 0. The van der Waals surface area contributed by atoms with Crippen molar-refractivity contribution in [1.82, 2.24) is 5.32 Å². The van der Waals surface area contributed by atoms with Crippen LogP contribution in [0.15, 0.2) is 42.0 Å². The molecule has 0 aliphatic carbocycles. The van der Waals surface area contributed by atoms with E-state index in [2.05, 4.69) is 63.9 Å². The van der Waals surface area contributed by atoms with Crippen molar-refractivity contribution in [2.45, 2.75) is 46.2 Å². The van der Waals surface area contributed by atoms with Gasteiger partial charge in [-0.25, -0.2) is 0 Å². The first-order chi connectivity index (χ1) is 8.50. The quantitative estimate of drug-likeness (QED) is 0.769. The molecule has 0 bridgehead atoms. The SMILES string of the molecule is C=C(C)C1CC(c2ccccc2C)=C(C)C(C)N1. The number of hydrogen-bond acceptors (Lipinski definition) is 1. The van der Waals surface area contributed by atoms with Gasteiger partial charge in [0, 0.05) is 12.1 Å². The number of nitrogens with one attached hydrogen (secondary N) is 1. The van der Waals surface area contributed by atoms with Crippen molar-refractivity contribution in [1.29, 1.82) is 0 Å². The van der Waals surface area contributed by atoms with E-state index in [0.717, 1.165) is 6.42 Å². The molecule has 1 aromatic carbocycles. The molecule has 0 spiro atoms. The van der Waals surface area contributed by atoms with Crippen molar-refractivity contribution in [3.63, 3.8) is 0 Å². The molecule has 2 unspecified atom stereocenters. The molecule has 1 N–H and O–H groups in total. The first-order valence-electron chi connectivity index (χ1n) is 6.67. The fourth-order valence-electron chi connectivity index (χ4n) is 2.66. The normalized spacial score (nSPS) is 24.2. The van der Waals surface area contributed by atoms with Gasteiger partial charge in [-0.1, -0.05) is 42.0 Å². The van der Waals surface area contributed by atoms with Gasteiger partial charge in [-0.15, -0.1) is 0 Å². The van der Waals surface area contributed by atoms with Gasteiger partial charge in [-0.3, -0.25) is 0 Å². The zero-order valence-electron chi connectivity index (χ0n) is 11.9.